The molecular weight excluding hydrogens is 535 g/mol. The number of benzene rings is 3. The summed E-state index contributed by atoms with van der Waals surface area (Å²) in [6, 6.07) is 16.9. The molecule has 3 aromatic rings. The lowest BCUT2D eigenvalue weighted by Crippen LogP contribution is -2.32. The van der Waals surface area contributed by atoms with E-state index in [-0.39, 0.29) is 11.6 Å². The summed E-state index contributed by atoms with van der Waals surface area (Å²) in [4.78, 5) is 38.0. The highest BCUT2D eigenvalue weighted by Gasteiger charge is 2.41. The van der Waals surface area contributed by atoms with Crippen LogP contribution >= 0.6 is 22.6 Å². The summed E-state index contributed by atoms with van der Waals surface area (Å²) in [5.41, 5.74) is 4.17. The number of hydrogen-bond acceptors (Lipinski definition) is 5. The van der Waals surface area contributed by atoms with Crippen LogP contribution in [0, 0.1) is 27.5 Å². The van der Waals surface area contributed by atoms with Crippen LogP contribution in [0.4, 0.5) is 11.4 Å². The summed E-state index contributed by atoms with van der Waals surface area (Å²) < 4.78 is 6.63. The number of non-ortho nitro benzene ring substituents is 1. The molecule has 0 aromatic heterocycles. The standard InChI is InChI=1S/C25H19IN2O5/c1-15-12-16(2)23(21(26)13-15)27-24(30)19-8-3-4-9-20(19)25(27)33-22(29)11-10-17-6-5-7-18(14-17)28(31)32/h3-14,25H,1-2H3/b11-10+/t25-/m1/s1. The monoisotopic (exact) mass is 554 g/mol. The summed E-state index contributed by atoms with van der Waals surface area (Å²) in [6.45, 7) is 3.90. The van der Waals surface area contributed by atoms with Crippen molar-refractivity contribution >= 4 is 51.9 Å². The highest BCUT2D eigenvalue weighted by Crippen LogP contribution is 2.42. The van der Waals surface area contributed by atoms with E-state index in [4.69, 9.17) is 4.74 Å². The predicted octanol–water partition coefficient (Wildman–Crippen LogP) is 5.73. The van der Waals surface area contributed by atoms with E-state index in [0.717, 1.165) is 14.7 Å². The molecule has 0 spiro atoms. The van der Waals surface area contributed by atoms with Crippen molar-refractivity contribution in [2.75, 3.05) is 4.90 Å². The van der Waals surface area contributed by atoms with Gasteiger partial charge in [-0.15, -0.1) is 0 Å². The number of nitro benzene ring substituents is 1. The second kappa shape index (κ2) is 9.14. The second-order valence-electron chi connectivity index (χ2n) is 7.65. The largest absolute Gasteiger partial charge is 0.433 e. The summed E-state index contributed by atoms with van der Waals surface area (Å²) in [7, 11) is 0. The minimum atomic E-state index is -0.925. The maximum atomic E-state index is 13.3. The first kappa shape index (κ1) is 22.7. The summed E-state index contributed by atoms with van der Waals surface area (Å²) in [6.07, 6.45) is 1.73. The number of ether oxygens (including phenoxy) is 1. The SMILES string of the molecule is Cc1cc(C)c(N2C(=O)c3ccccc3[C@H]2OC(=O)/C=C/c2cccc([N+](=O)[O-])c2)c(I)c1. The van der Waals surface area contributed by atoms with Gasteiger partial charge >= 0.3 is 5.97 Å². The molecule has 8 heteroatoms. The zero-order valence-corrected chi connectivity index (χ0v) is 20.0. The maximum Gasteiger partial charge on any atom is 0.332 e. The molecule has 0 saturated carbocycles. The average molecular weight is 554 g/mol. The molecule has 1 atom stereocenters. The molecule has 1 aliphatic rings. The number of hydrogen-bond donors (Lipinski definition) is 0. The number of anilines is 1. The van der Waals surface area contributed by atoms with E-state index in [0.29, 0.717) is 22.4 Å². The minimum Gasteiger partial charge on any atom is -0.433 e. The van der Waals surface area contributed by atoms with Crippen LogP contribution in [0.15, 0.2) is 66.7 Å². The maximum absolute atomic E-state index is 13.3. The van der Waals surface area contributed by atoms with Crippen molar-refractivity contribution in [3.63, 3.8) is 0 Å². The fourth-order valence-electron chi connectivity index (χ4n) is 3.89. The molecular formula is C25H19IN2O5. The van der Waals surface area contributed by atoms with E-state index in [1.165, 1.54) is 29.2 Å². The van der Waals surface area contributed by atoms with Crippen molar-refractivity contribution in [1.29, 1.82) is 0 Å². The van der Waals surface area contributed by atoms with Crippen LogP contribution in [0.2, 0.25) is 0 Å². The van der Waals surface area contributed by atoms with E-state index >= 15 is 0 Å². The van der Waals surface area contributed by atoms with Gasteiger partial charge in [-0.2, -0.15) is 0 Å². The zero-order valence-electron chi connectivity index (χ0n) is 17.8. The van der Waals surface area contributed by atoms with Gasteiger partial charge in [0.05, 0.1) is 10.6 Å². The van der Waals surface area contributed by atoms with Crippen molar-refractivity contribution in [2.45, 2.75) is 20.1 Å². The van der Waals surface area contributed by atoms with Crippen molar-refractivity contribution in [2.24, 2.45) is 0 Å². The van der Waals surface area contributed by atoms with Crippen LogP contribution < -0.4 is 4.90 Å². The molecule has 0 N–H and O–H groups in total. The number of nitrogens with zero attached hydrogens (tertiary/aromatic N) is 2. The summed E-state index contributed by atoms with van der Waals surface area (Å²) in [5, 5.41) is 11.0. The highest BCUT2D eigenvalue weighted by molar-refractivity contribution is 14.1. The fourth-order valence-corrected chi connectivity index (χ4v) is 5.06. The predicted molar refractivity (Wildman–Crippen MR) is 133 cm³/mol. The lowest BCUT2D eigenvalue weighted by molar-refractivity contribution is -0.384. The van der Waals surface area contributed by atoms with Gasteiger partial charge in [0.15, 0.2) is 0 Å². The highest BCUT2D eigenvalue weighted by atomic mass is 127. The Morgan fingerprint density at radius 1 is 1.12 bits per heavy atom. The van der Waals surface area contributed by atoms with Gasteiger partial charge in [0, 0.05) is 32.9 Å². The fraction of sp³-hybridized carbons (Fsp3) is 0.120. The Hall–Kier alpha value is -3.53. The van der Waals surface area contributed by atoms with Gasteiger partial charge in [0.1, 0.15) is 0 Å². The van der Waals surface area contributed by atoms with Crippen molar-refractivity contribution in [1.82, 2.24) is 0 Å². The molecule has 33 heavy (non-hydrogen) atoms. The third-order valence-corrected chi connectivity index (χ3v) is 6.09. The summed E-state index contributed by atoms with van der Waals surface area (Å²) >= 11 is 2.18. The van der Waals surface area contributed by atoms with Gasteiger partial charge in [-0.25, -0.2) is 4.79 Å². The van der Waals surface area contributed by atoms with Crippen LogP contribution in [0.25, 0.3) is 6.08 Å². The first-order valence-electron chi connectivity index (χ1n) is 10.1. The number of fused-ring (bicyclic) bond motifs is 1. The molecule has 3 aromatic carbocycles. The quantitative estimate of drug-likeness (QED) is 0.132. The molecule has 0 bridgehead atoms. The number of rotatable bonds is 5. The van der Waals surface area contributed by atoms with Crippen LogP contribution in [0.1, 0.15) is 38.8 Å². The van der Waals surface area contributed by atoms with Crippen LogP contribution in [0.5, 0.6) is 0 Å². The first-order chi connectivity index (χ1) is 15.8. The van der Waals surface area contributed by atoms with Gasteiger partial charge in [-0.3, -0.25) is 19.8 Å². The Labute approximate surface area is 204 Å². The van der Waals surface area contributed by atoms with Crippen LogP contribution in [-0.4, -0.2) is 16.8 Å². The third-order valence-electron chi connectivity index (χ3n) is 5.27. The molecule has 1 aliphatic heterocycles. The number of esters is 1. The van der Waals surface area contributed by atoms with E-state index in [9.17, 15) is 19.7 Å². The molecule has 0 aliphatic carbocycles. The number of amides is 1. The molecule has 0 unspecified atom stereocenters. The number of aryl methyl sites for hydroxylation is 2. The minimum absolute atomic E-state index is 0.0727. The molecule has 166 valence electrons. The van der Waals surface area contributed by atoms with Gasteiger partial charge in [0.25, 0.3) is 11.6 Å². The van der Waals surface area contributed by atoms with E-state index in [1.54, 1.807) is 36.4 Å². The Morgan fingerprint density at radius 2 is 1.88 bits per heavy atom. The zero-order chi connectivity index (χ0) is 23.7. The molecule has 1 amide bonds. The molecule has 0 fully saturated rings. The van der Waals surface area contributed by atoms with Crippen molar-refractivity contribution in [3.8, 4) is 0 Å². The second-order valence-corrected chi connectivity index (χ2v) is 8.81. The summed E-state index contributed by atoms with van der Waals surface area (Å²) in [5.74, 6) is -0.906. The number of carbonyl (C=O) groups excluding carboxylic acids is 2. The van der Waals surface area contributed by atoms with Crippen LogP contribution in [-0.2, 0) is 9.53 Å². The lowest BCUT2D eigenvalue weighted by Gasteiger charge is -2.27. The number of nitro groups is 1. The molecule has 1 heterocycles. The normalized spacial score (nSPS) is 15.1. The van der Waals surface area contributed by atoms with Crippen molar-refractivity contribution < 1.29 is 19.2 Å². The van der Waals surface area contributed by atoms with E-state index in [2.05, 4.69) is 22.6 Å². The molecule has 4 rings (SSSR count). The first-order valence-corrected chi connectivity index (χ1v) is 11.2. The Kier molecular flexibility index (Phi) is 6.28. The van der Waals surface area contributed by atoms with Gasteiger partial charge in [-0.1, -0.05) is 36.4 Å². The van der Waals surface area contributed by atoms with Gasteiger partial charge in [-0.05, 0) is 71.3 Å². The smallest absolute Gasteiger partial charge is 0.332 e. The van der Waals surface area contributed by atoms with Gasteiger partial charge < -0.3 is 4.74 Å². The lowest BCUT2D eigenvalue weighted by atomic mass is 10.1. The van der Waals surface area contributed by atoms with E-state index in [1.807, 2.05) is 26.0 Å². The third kappa shape index (κ3) is 4.51. The van der Waals surface area contributed by atoms with Gasteiger partial charge in [0.2, 0.25) is 6.23 Å². The topological polar surface area (TPSA) is 89.8 Å². The molecule has 7 nitrogen and oxygen atoms in total. The van der Waals surface area contributed by atoms with Crippen LogP contribution in [0.3, 0.4) is 0 Å². The van der Waals surface area contributed by atoms with Crippen molar-refractivity contribution in [3.05, 3.63) is 108 Å². The molecule has 0 radical (unpaired) electrons. The average Bonchev–Trinajstić information content (AvgIpc) is 3.04. The molecule has 0 saturated heterocycles. The number of halogens is 1. The van der Waals surface area contributed by atoms with E-state index < -0.39 is 17.1 Å². The Morgan fingerprint density at radius 3 is 2.61 bits per heavy atom. The number of carbonyl (C=O) groups is 2. The Balaban J connectivity index is 1.67. The Bertz CT molecular complexity index is 1290.